The predicted octanol–water partition coefficient (Wildman–Crippen LogP) is 3.42. The second-order valence-electron chi connectivity index (χ2n) is 5.77. The number of nitrogens with one attached hydrogen (secondary N) is 1. The van der Waals surface area contributed by atoms with Gasteiger partial charge < -0.3 is 14.6 Å². The first kappa shape index (κ1) is 15.1. The molecule has 0 amide bonds. The van der Waals surface area contributed by atoms with Crippen LogP contribution in [0, 0.1) is 5.92 Å². The molecule has 3 nitrogen and oxygen atoms in total. The van der Waals surface area contributed by atoms with E-state index in [1.165, 1.54) is 16.5 Å². The number of aryl methyl sites for hydroxylation is 1. The lowest BCUT2D eigenvalue weighted by molar-refractivity contribution is 0.190. The molecule has 0 radical (unpaired) electrons. The average molecular weight is 274 g/mol. The van der Waals surface area contributed by atoms with Crippen LogP contribution in [0.5, 0.6) is 0 Å². The maximum Gasteiger partial charge on any atom is 0.0483 e. The van der Waals surface area contributed by atoms with E-state index in [1.807, 2.05) is 0 Å². The van der Waals surface area contributed by atoms with E-state index >= 15 is 0 Å². The van der Waals surface area contributed by atoms with Crippen LogP contribution in [-0.4, -0.2) is 24.8 Å². The van der Waals surface area contributed by atoms with Crippen LogP contribution in [0.15, 0.2) is 30.5 Å². The number of rotatable bonds is 8. The molecular formula is C17H26N2O. The molecular weight excluding hydrogens is 248 g/mol. The molecule has 0 aliphatic rings. The summed E-state index contributed by atoms with van der Waals surface area (Å²) in [6.45, 7) is 8.30. The SMILES string of the molecule is COCCCn1ccc2ccc(CNCC(C)C)cc21. The Balaban J connectivity index is 2.04. The van der Waals surface area contributed by atoms with Crippen LogP contribution in [0.1, 0.15) is 25.8 Å². The van der Waals surface area contributed by atoms with Crippen LogP contribution in [0.2, 0.25) is 0 Å². The summed E-state index contributed by atoms with van der Waals surface area (Å²) in [6.07, 6.45) is 3.22. The molecule has 0 aliphatic heterocycles. The van der Waals surface area contributed by atoms with Crippen molar-refractivity contribution in [2.24, 2.45) is 5.92 Å². The van der Waals surface area contributed by atoms with Crippen LogP contribution in [0.25, 0.3) is 10.9 Å². The third-order valence-electron chi connectivity index (χ3n) is 3.47. The van der Waals surface area contributed by atoms with Crippen molar-refractivity contribution in [2.75, 3.05) is 20.3 Å². The minimum absolute atomic E-state index is 0.691. The molecule has 0 saturated carbocycles. The maximum absolute atomic E-state index is 5.13. The number of aromatic nitrogens is 1. The van der Waals surface area contributed by atoms with Gasteiger partial charge in [0.05, 0.1) is 0 Å². The molecule has 20 heavy (non-hydrogen) atoms. The molecule has 0 unspecified atom stereocenters. The lowest BCUT2D eigenvalue weighted by Gasteiger charge is -2.09. The van der Waals surface area contributed by atoms with Gasteiger partial charge in [0.2, 0.25) is 0 Å². The molecule has 1 aromatic carbocycles. The smallest absolute Gasteiger partial charge is 0.0483 e. The van der Waals surface area contributed by atoms with E-state index in [9.17, 15) is 0 Å². The van der Waals surface area contributed by atoms with Crippen LogP contribution in [0.3, 0.4) is 0 Å². The molecule has 110 valence electrons. The quantitative estimate of drug-likeness (QED) is 0.746. The van der Waals surface area contributed by atoms with Gasteiger partial charge in [0.15, 0.2) is 0 Å². The molecule has 2 rings (SSSR count). The largest absolute Gasteiger partial charge is 0.385 e. The van der Waals surface area contributed by atoms with Crippen molar-refractivity contribution < 1.29 is 4.74 Å². The second kappa shape index (κ2) is 7.46. The van der Waals surface area contributed by atoms with Gasteiger partial charge in [-0.2, -0.15) is 0 Å². The number of ether oxygens (including phenoxy) is 1. The fourth-order valence-corrected chi connectivity index (χ4v) is 2.42. The van der Waals surface area contributed by atoms with E-state index in [4.69, 9.17) is 4.74 Å². The van der Waals surface area contributed by atoms with Crippen LogP contribution < -0.4 is 5.32 Å². The highest BCUT2D eigenvalue weighted by Crippen LogP contribution is 2.18. The molecule has 0 fully saturated rings. The number of fused-ring (bicyclic) bond motifs is 1. The fourth-order valence-electron chi connectivity index (χ4n) is 2.42. The monoisotopic (exact) mass is 274 g/mol. The van der Waals surface area contributed by atoms with E-state index < -0.39 is 0 Å². The first-order valence-electron chi connectivity index (χ1n) is 7.48. The molecule has 2 aromatic rings. The maximum atomic E-state index is 5.13. The zero-order valence-corrected chi connectivity index (χ0v) is 12.9. The third kappa shape index (κ3) is 4.09. The standard InChI is InChI=1S/C17H26N2O/c1-14(2)12-18-13-15-5-6-16-7-9-19(17(16)11-15)8-4-10-20-3/h5-7,9,11,14,18H,4,8,10,12-13H2,1-3H3. The van der Waals surface area contributed by atoms with E-state index in [2.05, 4.69) is 54.2 Å². The number of hydrogen-bond acceptors (Lipinski definition) is 2. The summed E-state index contributed by atoms with van der Waals surface area (Å²) >= 11 is 0. The van der Waals surface area contributed by atoms with Crippen LogP contribution in [0.4, 0.5) is 0 Å². The van der Waals surface area contributed by atoms with Gasteiger partial charge in [0.1, 0.15) is 0 Å². The molecule has 1 aromatic heterocycles. The first-order valence-corrected chi connectivity index (χ1v) is 7.48. The number of nitrogens with zero attached hydrogens (tertiary/aromatic N) is 1. The fraction of sp³-hybridized carbons (Fsp3) is 0.529. The molecule has 0 saturated heterocycles. The number of methoxy groups -OCH3 is 1. The van der Waals surface area contributed by atoms with Crippen LogP contribution in [-0.2, 0) is 17.8 Å². The number of hydrogen-bond donors (Lipinski definition) is 1. The van der Waals surface area contributed by atoms with Gasteiger partial charge in [0.25, 0.3) is 0 Å². The summed E-state index contributed by atoms with van der Waals surface area (Å²) in [4.78, 5) is 0. The second-order valence-corrected chi connectivity index (χ2v) is 5.77. The summed E-state index contributed by atoms with van der Waals surface area (Å²) in [5, 5.41) is 4.82. The topological polar surface area (TPSA) is 26.2 Å². The van der Waals surface area contributed by atoms with E-state index in [0.29, 0.717) is 5.92 Å². The van der Waals surface area contributed by atoms with Crippen molar-refractivity contribution in [1.29, 1.82) is 0 Å². The van der Waals surface area contributed by atoms with E-state index in [1.54, 1.807) is 7.11 Å². The zero-order valence-electron chi connectivity index (χ0n) is 12.9. The summed E-state index contributed by atoms with van der Waals surface area (Å²) in [6, 6.07) is 8.92. The highest BCUT2D eigenvalue weighted by molar-refractivity contribution is 5.80. The average Bonchev–Trinajstić information content (AvgIpc) is 2.81. The Bertz CT molecular complexity index is 531. The summed E-state index contributed by atoms with van der Waals surface area (Å²) < 4.78 is 7.45. The van der Waals surface area contributed by atoms with Gasteiger partial charge in [-0.1, -0.05) is 26.0 Å². The summed E-state index contributed by atoms with van der Waals surface area (Å²) in [7, 11) is 1.76. The Kier molecular flexibility index (Phi) is 5.62. The van der Waals surface area contributed by atoms with Crippen molar-refractivity contribution in [2.45, 2.75) is 33.4 Å². The first-order chi connectivity index (χ1) is 9.70. The molecule has 3 heteroatoms. The zero-order chi connectivity index (χ0) is 14.4. The van der Waals surface area contributed by atoms with Gasteiger partial charge in [-0.15, -0.1) is 0 Å². The van der Waals surface area contributed by atoms with Crippen molar-refractivity contribution in [1.82, 2.24) is 9.88 Å². The normalized spacial score (nSPS) is 11.6. The highest BCUT2D eigenvalue weighted by atomic mass is 16.5. The van der Waals surface area contributed by atoms with Crippen molar-refractivity contribution in [3.8, 4) is 0 Å². The van der Waals surface area contributed by atoms with E-state index in [0.717, 1.165) is 32.7 Å². The minimum atomic E-state index is 0.691. The van der Waals surface area contributed by atoms with Gasteiger partial charge in [-0.05, 0) is 42.0 Å². The molecule has 0 aliphatic carbocycles. The van der Waals surface area contributed by atoms with Crippen molar-refractivity contribution in [3.05, 3.63) is 36.0 Å². The van der Waals surface area contributed by atoms with Gasteiger partial charge in [-0.25, -0.2) is 0 Å². The van der Waals surface area contributed by atoms with Gasteiger partial charge in [-0.3, -0.25) is 0 Å². The lowest BCUT2D eigenvalue weighted by Crippen LogP contribution is -2.18. The van der Waals surface area contributed by atoms with Gasteiger partial charge in [0, 0.05) is 38.5 Å². The number of benzene rings is 1. The Hall–Kier alpha value is -1.32. The predicted molar refractivity (Wildman–Crippen MR) is 85.0 cm³/mol. The Morgan fingerprint density at radius 3 is 2.85 bits per heavy atom. The summed E-state index contributed by atoms with van der Waals surface area (Å²) in [5.41, 5.74) is 2.68. The Morgan fingerprint density at radius 1 is 1.25 bits per heavy atom. The Morgan fingerprint density at radius 2 is 2.10 bits per heavy atom. The van der Waals surface area contributed by atoms with Gasteiger partial charge >= 0.3 is 0 Å². The van der Waals surface area contributed by atoms with Crippen molar-refractivity contribution in [3.63, 3.8) is 0 Å². The van der Waals surface area contributed by atoms with Crippen LogP contribution >= 0.6 is 0 Å². The molecule has 1 heterocycles. The molecule has 0 bridgehead atoms. The van der Waals surface area contributed by atoms with E-state index in [-0.39, 0.29) is 0 Å². The molecule has 0 atom stereocenters. The molecule has 1 N–H and O–H groups in total. The highest BCUT2D eigenvalue weighted by Gasteiger charge is 2.03. The summed E-state index contributed by atoms with van der Waals surface area (Å²) in [5.74, 6) is 0.691. The minimum Gasteiger partial charge on any atom is -0.385 e. The lowest BCUT2D eigenvalue weighted by atomic mass is 10.1. The third-order valence-corrected chi connectivity index (χ3v) is 3.47. The molecule has 0 spiro atoms. The van der Waals surface area contributed by atoms with Crippen molar-refractivity contribution >= 4 is 10.9 Å². The Labute approximate surface area is 121 Å².